The van der Waals surface area contributed by atoms with Crippen molar-refractivity contribution >= 4 is 31.6 Å². The standard InChI is InChI=1S/C18H14BrNO2S/c19-16-11-5-7-13-18(16)23(21,22)20-17-12-6-4-10-15(17)14-8-2-1-3-9-14/h1-13,20H. The van der Waals surface area contributed by atoms with E-state index < -0.39 is 10.0 Å². The van der Waals surface area contributed by atoms with Gasteiger partial charge in [-0.1, -0.05) is 60.7 Å². The van der Waals surface area contributed by atoms with Crippen LogP contribution in [0.5, 0.6) is 0 Å². The Morgan fingerprint density at radius 3 is 2.09 bits per heavy atom. The molecule has 0 saturated carbocycles. The SMILES string of the molecule is O=S(=O)(Nc1ccccc1-c1ccccc1)c1ccccc1Br. The van der Waals surface area contributed by atoms with E-state index in [9.17, 15) is 8.42 Å². The fourth-order valence-electron chi connectivity index (χ4n) is 2.30. The number of halogens is 1. The van der Waals surface area contributed by atoms with Crippen molar-refractivity contribution in [1.29, 1.82) is 0 Å². The molecule has 0 bridgehead atoms. The van der Waals surface area contributed by atoms with Gasteiger partial charge >= 0.3 is 0 Å². The van der Waals surface area contributed by atoms with Crippen molar-refractivity contribution in [3.63, 3.8) is 0 Å². The van der Waals surface area contributed by atoms with Gasteiger partial charge < -0.3 is 0 Å². The Labute approximate surface area is 144 Å². The molecule has 0 aliphatic rings. The normalized spacial score (nSPS) is 11.2. The summed E-state index contributed by atoms with van der Waals surface area (Å²) in [6.45, 7) is 0. The molecule has 1 N–H and O–H groups in total. The lowest BCUT2D eigenvalue weighted by Gasteiger charge is -2.13. The monoisotopic (exact) mass is 387 g/mol. The van der Waals surface area contributed by atoms with E-state index >= 15 is 0 Å². The molecule has 5 heteroatoms. The lowest BCUT2D eigenvalue weighted by Crippen LogP contribution is -2.14. The fraction of sp³-hybridized carbons (Fsp3) is 0. The van der Waals surface area contributed by atoms with Crippen LogP contribution >= 0.6 is 15.9 Å². The minimum absolute atomic E-state index is 0.211. The van der Waals surface area contributed by atoms with Gasteiger partial charge in [-0.15, -0.1) is 0 Å². The van der Waals surface area contributed by atoms with E-state index in [0.29, 0.717) is 10.2 Å². The van der Waals surface area contributed by atoms with Crippen LogP contribution in [0, 0.1) is 0 Å². The van der Waals surface area contributed by atoms with Crippen LogP contribution in [0.4, 0.5) is 5.69 Å². The second-order valence-corrected chi connectivity index (χ2v) is 7.45. The molecule has 0 unspecified atom stereocenters. The zero-order chi connectivity index (χ0) is 16.3. The topological polar surface area (TPSA) is 46.2 Å². The highest BCUT2D eigenvalue weighted by Crippen LogP contribution is 2.30. The summed E-state index contributed by atoms with van der Waals surface area (Å²) in [5.74, 6) is 0. The molecular formula is C18H14BrNO2S. The Balaban J connectivity index is 2.03. The van der Waals surface area contributed by atoms with Gasteiger partial charge in [0, 0.05) is 10.0 Å². The number of para-hydroxylation sites is 1. The molecule has 3 aromatic carbocycles. The summed E-state index contributed by atoms with van der Waals surface area (Å²) in [6.07, 6.45) is 0. The van der Waals surface area contributed by atoms with Crippen molar-refractivity contribution in [2.24, 2.45) is 0 Å². The number of rotatable bonds is 4. The Hall–Kier alpha value is -2.11. The first-order valence-electron chi connectivity index (χ1n) is 7.00. The summed E-state index contributed by atoms with van der Waals surface area (Å²) in [7, 11) is -3.67. The summed E-state index contributed by atoms with van der Waals surface area (Å²) in [4.78, 5) is 0.211. The molecule has 0 fully saturated rings. The summed E-state index contributed by atoms with van der Waals surface area (Å²) < 4.78 is 28.5. The number of hydrogen-bond acceptors (Lipinski definition) is 2. The maximum Gasteiger partial charge on any atom is 0.263 e. The van der Waals surface area contributed by atoms with E-state index in [1.165, 1.54) is 0 Å². The first kappa shape index (κ1) is 15.8. The lowest BCUT2D eigenvalue weighted by atomic mass is 10.0. The first-order valence-corrected chi connectivity index (χ1v) is 9.27. The average molecular weight is 388 g/mol. The number of sulfonamides is 1. The molecule has 116 valence electrons. The molecule has 0 radical (unpaired) electrons. The number of benzene rings is 3. The Morgan fingerprint density at radius 1 is 0.739 bits per heavy atom. The smallest absolute Gasteiger partial charge is 0.263 e. The van der Waals surface area contributed by atoms with E-state index in [0.717, 1.165) is 11.1 Å². The van der Waals surface area contributed by atoms with Gasteiger partial charge in [-0.3, -0.25) is 4.72 Å². The zero-order valence-electron chi connectivity index (χ0n) is 12.1. The zero-order valence-corrected chi connectivity index (χ0v) is 14.5. The van der Waals surface area contributed by atoms with E-state index in [1.807, 2.05) is 48.5 Å². The van der Waals surface area contributed by atoms with Gasteiger partial charge in [0.05, 0.1) is 5.69 Å². The molecule has 3 aromatic rings. The Bertz CT molecular complexity index is 925. The van der Waals surface area contributed by atoms with Crippen LogP contribution in [0.1, 0.15) is 0 Å². The van der Waals surface area contributed by atoms with Crippen LogP contribution in [-0.4, -0.2) is 8.42 Å². The third-order valence-electron chi connectivity index (χ3n) is 3.38. The summed E-state index contributed by atoms with van der Waals surface area (Å²) in [5.41, 5.74) is 2.34. The number of nitrogens with one attached hydrogen (secondary N) is 1. The average Bonchev–Trinajstić information content (AvgIpc) is 2.56. The van der Waals surface area contributed by atoms with Crippen molar-refractivity contribution in [3.8, 4) is 11.1 Å². The predicted octanol–water partition coefficient (Wildman–Crippen LogP) is 4.92. The third-order valence-corrected chi connectivity index (χ3v) is 5.76. The second kappa shape index (κ2) is 6.56. The predicted molar refractivity (Wildman–Crippen MR) is 96.8 cm³/mol. The van der Waals surface area contributed by atoms with Crippen LogP contribution in [0.2, 0.25) is 0 Å². The van der Waals surface area contributed by atoms with Crippen LogP contribution in [0.25, 0.3) is 11.1 Å². The molecular weight excluding hydrogens is 374 g/mol. The molecule has 0 aliphatic heterocycles. The fourth-order valence-corrected chi connectivity index (χ4v) is 4.39. The quantitative estimate of drug-likeness (QED) is 0.690. The van der Waals surface area contributed by atoms with E-state index in [1.54, 1.807) is 30.3 Å². The van der Waals surface area contributed by atoms with Crippen molar-refractivity contribution in [2.45, 2.75) is 4.90 Å². The molecule has 0 aromatic heterocycles. The summed E-state index contributed by atoms with van der Waals surface area (Å²) >= 11 is 3.29. The highest BCUT2D eigenvalue weighted by molar-refractivity contribution is 9.10. The molecule has 3 nitrogen and oxygen atoms in total. The largest absolute Gasteiger partial charge is 0.279 e. The van der Waals surface area contributed by atoms with Gasteiger partial charge in [-0.2, -0.15) is 0 Å². The molecule has 0 spiro atoms. The minimum Gasteiger partial charge on any atom is -0.279 e. The van der Waals surface area contributed by atoms with Crippen LogP contribution in [0.3, 0.4) is 0 Å². The highest BCUT2D eigenvalue weighted by atomic mass is 79.9. The molecule has 0 atom stereocenters. The van der Waals surface area contributed by atoms with Gasteiger partial charge in [-0.05, 0) is 39.7 Å². The van der Waals surface area contributed by atoms with Gasteiger partial charge in [0.1, 0.15) is 4.90 Å². The summed E-state index contributed by atoms with van der Waals surface area (Å²) in [6, 6.07) is 23.8. The van der Waals surface area contributed by atoms with Gasteiger partial charge in [0.25, 0.3) is 10.0 Å². The number of anilines is 1. The molecule has 0 heterocycles. The minimum atomic E-state index is -3.67. The lowest BCUT2D eigenvalue weighted by molar-refractivity contribution is 0.601. The molecule has 0 aliphatic carbocycles. The van der Waals surface area contributed by atoms with Gasteiger partial charge in [0.2, 0.25) is 0 Å². The molecule has 0 saturated heterocycles. The van der Waals surface area contributed by atoms with Crippen LogP contribution < -0.4 is 4.72 Å². The second-order valence-electron chi connectivity index (χ2n) is 4.95. The maximum atomic E-state index is 12.7. The van der Waals surface area contributed by atoms with Crippen LogP contribution in [0.15, 0.2) is 88.2 Å². The summed E-state index contributed by atoms with van der Waals surface area (Å²) in [5, 5.41) is 0. The molecule has 23 heavy (non-hydrogen) atoms. The van der Waals surface area contributed by atoms with E-state index in [-0.39, 0.29) is 4.90 Å². The maximum absolute atomic E-state index is 12.7. The van der Waals surface area contributed by atoms with E-state index in [4.69, 9.17) is 0 Å². The van der Waals surface area contributed by atoms with Crippen molar-refractivity contribution in [3.05, 3.63) is 83.3 Å². The number of hydrogen-bond donors (Lipinski definition) is 1. The van der Waals surface area contributed by atoms with Gasteiger partial charge in [0.15, 0.2) is 0 Å². The van der Waals surface area contributed by atoms with Crippen LogP contribution in [-0.2, 0) is 10.0 Å². The third kappa shape index (κ3) is 3.46. The van der Waals surface area contributed by atoms with E-state index in [2.05, 4.69) is 20.7 Å². The molecule has 0 amide bonds. The Morgan fingerprint density at radius 2 is 1.35 bits per heavy atom. The first-order chi connectivity index (χ1) is 11.1. The van der Waals surface area contributed by atoms with Crippen molar-refractivity contribution in [1.82, 2.24) is 0 Å². The van der Waals surface area contributed by atoms with Crippen molar-refractivity contribution < 1.29 is 8.42 Å². The highest BCUT2D eigenvalue weighted by Gasteiger charge is 2.18. The van der Waals surface area contributed by atoms with Gasteiger partial charge in [-0.25, -0.2) is 8.42 Å². The van der Waals surface area contributed by atoms with Crippen molar-refractivity contribution in [2.75, 3.05) is 4.72 Å². The Kier molecular flexibility index (Phi) is 4.50. The molecule has 3 rings (SSSR count).